The van der Waals surface area contributed by atoms with Crippen LogP contribution in [0.25, 0.3) is 0 Å². The van der Waals surface area contributed by atoms with Crippen molar-refractivity contribution in [2.75, 3.05) is 7.11 Å². The Morgan fingerprint density at radius 2 is 2.20 bits per heavy atom. The van der Waals surface area contributed by atoms with Gasteiger partial charge in [0.2, 0.25) is 0 Å². The molecule has 0 amide bonds. The number of hydrogen-bond donors (Lipinski definition) is 1. The van der Waals surface area contributed by atoms with Crippen molar-refractivity contribution in [1.29, 1.82) is 0 Å². The molecule has 0 saturated heterocycles. The number of ether oxygens (including phenoxy) is 1. The maximum absolute atomic E-state index is 12.5. The number of pyridine rings is 1. The van der Waals surface area contributed by atoms with Crippen LogP contribution in [-0.4, -0.2) is 23.2 Å². The summed E-state index contributed by atoms with van der Waals surface area (Å²) < 4.78 is 29.3. The van der Waals surface area contributed by atoms with E-state index in [1.807, 2.05) is 0 Å². The van der Waals surface area contributed by atoms with Gasteiger partial charge in [0.1, 0.15) is 11.4 Å². The quantitative estimate of drug-likeness (QED) is 0.767. The number of esters is 1. The van der Waals surface area contributed by atoms with Gasteiger partial charge in [-0.05, 0) is 13.0 Å². The van der Waals surface area contributed by atoms with Crippen molar-refractivity contribution in [1.82, 2.24) is 4.98 Å². The van der Waals surface area contributed by atoms with Crippen LogP contribution in [-0.2, 0) is 4.74 Å². The van der Waals surface area contributed by atoms with Crippen LogP contribution < -0.4 is 0 Å². The number of alkyl halides is 2. The number of halogens is 2. The maximum Gasteiger partial charge on any atom is 0.340 e. The monoisotopic (exact) mass is 217 g/mol. The van der Waals surface area contributed by atoms with Crippen molar-refractivity contribution in [3.05, 3.63) is 23.0 Å². The average molecular weight is 217 g/mol. The number of hydrogen-bond acceptors (Lipinski definition) is 4. The van der Waals surface area contributed by atoms with E-state index in [4.69, 9.17) is 0 Å². The average Bonchev–Trinajstić information content (AvgIpc) is 2.20. The molecular formula is C9H9F2NO3. The van der Waals surface area contributed by atoms with E-state index in [1.165, 1.54) is 6.92 Å². The van der Waals surface area contributed by atoms with Crippen molar-refractivity contribution < 1.29 is 23.4 Å². The van der Waals surface area contributed by atoms with Crippen LogP contribution in [0, 0.1) is 6.92 Å². The molecule has 1 rings (SSSR count). The molecule has 4 nitrogen and oxygen atoms in total. The molecular weight excluding hydrogens is 208 g/mol. The fourth-order valence-corrected chi connectivity index (χ4v) is 1.05. The largest absolute Gasteiger partial charge is 0.506 e. The van der Waals surface area contributed by atoms with Gasteiger partial charge in [0, 0.05) is 0 Å². The number of aromatic nitrogens is 1. The van der Waals surface area contributed by atoms with Gasteiger partial charge in [0.25, 0.3) is 6.43 Å². The van der Waals surface area contributed by atoms with Crippen LogP contribution in [0.1, 0.15) is 28.2 Å². The third-order valence-electron chi connectivity index (χ3n) is 1.83. The Bertz CT molecular complexity index is 393. The molecule has 0 bridgehead atoms. The minimum atomic E-state index is -2.89. The molecule has 1 N–H and O–H groups in total. The normalized spacial score (nSPS) is 10.5. The second-order valence-electron chi connectivity index (χ2n) is 2.82. The van der Waals surface area contributed by atoms with Crippen LogP contribution in [0.15, 0.2) is 6.07 Å². The fourth-order valence-electron chi connectivity index (χ4n) is 1.05. The van der Waals surface area contributed by atoms with Gasteiger partial charge in [0.05, 0.1) is 18.4 Å². The first-order valence-corrected chi connectivity index (χ1v) is 4.04. The number of carbonyl (C=O) groups is 1. The lowest BCUT2D eigenvalue weighted by atomic mass is 10.1. The van der Waals surface area contributed by atoms with E-state index < -0.39 is 23.7 Å². The zero-order valence-corrected chi connectivity index (χ0v) is 8.12. The second-order valence-corrected chi connectivity index (χ2v) is 2.82. The lowest BCUT2D eigenvalue weighted by molar-refractivity contribution is 0.0586. The van der Waals surface area contributed by atoms with Gasteiger partial charge in [-0.3, -0.25) is 0 Å². The number of nitrogens with zero attached hydrogens (tertiary/aromatic N) is 1. The maximum atomic E-state index is 12.5. The Morgan fingerprint density at radius 3 is 2.67 bits per heavy atom. The summed E-state index contributed by atoms with van der Waals surface area (Å²) in [7, 11) is 1.06. The predicted octanol–water partition coefficient (Wildman–Crippen LogP) is 1.82. The van der Waals surface area contributed by atoms with E-state index in [1.54, 1.807) is 0 Å². The third kappa shape index (κ3) is 2.20. The Kier molecular flexibility index (Phi) is 3.18. The molecule has 1 heterocycles. The molecule has 0 aliphatic heterocycles. The van der Waals surface area contributed by atoms with Crippen molar-refractivity contribution >= 4 is 5.97 Å². The molecule has 1 aromatic rings. The van der Waals surface area contributed by atoms with Gasteiger partial charge in [-0.25, -0.2) is 18.6 Å². The lowest BCUT2D eigenvalue weighted by Gasteiger charge is -2.08. The van der Waals surface area contributed by atoms with Crippen molar-refractivity contribution in [2.24, 2.45) is 0 Å². The first-order chi connectivity index (χ1) is 6.97. The molecule has 0 unspecified atom stereocenters. The molecule has 0 atom stereocenters. The van der Waals surface area contributed by atoms with E-state index in [0.29, 0.717) is 0 Å². The smallest absolute Gasteiger partial charge is 0.340 e. The molecule has 6 heteroatoms. The predicted molar refractivity (Wildman–Crippen MR) is 46.9 cm³/mol. The highest BCUT2D eigenvalue weighted by atomic mass is 19.3. The Hall–Kier alpha value is -1.72. The van der Waals surface area contributed by atoms with E-state index in [9.17, 15) is 18.7 Å². The van der Waals surface area contributed by atoms with E-state index in [0.717, 1.165) is 13.2 Å². The molecule has 82 valence electrons. The number of aromatic hydroxyl groups is 1. The van der Waals surface area contributed by atoms with Crippen LogP contribution >= 0.6 is 0 Å². The van der Waals surface area contributed by atoms with Crippen molar-refractivity contribution in [2.45, 2.75) is 13.3 Å². The molecule has 0 radical (unpaired) electrons. The highest BCUT2D eigenvalue weighted by Crippen LogP contribution is 2.26. The topological polar surface area (TPSA) is 59.4 Å². The Morgan fingerprint density at radius 1 is 1.60 bits per heavy atom. The van der Waals surface area contributed by atoms with Gasteiger partial charge in [-0.1, -0.05) is 0 Å². The van der Waals surface area contributed by atoms with Crippen LogP contribution in [0.4, 0.5) is 8.78 Å². The van der Waals surface area contributed by atoms with Crippen molar-refractivity contribution in [3.63, 3.8) is 0 Å². The SMILES string of the molecule is COC(=O)c1cc(O)c(C)nc1C(F)F. The first-order valence-electron chi connectivity index (χ1n) is 4.04. The van der Waals surface area contributed by atoms with Gasteiger partial charge >= 0.3 is 5.97 Å². The summed E-state index contributed by atoms with van der Waals surface area (Å²) in [6.07, 6.45) is -2.89. The summed E-state index contributed by atoms with van der Waals surface area (Å²) in [5.41, 5.74) is -1.06. The summed E-state index contributed by atoms with van der Waals surface area (Å²) >= 11 is 0. The Balaban J connectivity index is 3.34. The molecule has 0 aromatic carbocycles. The number of carbonyl (C=O) groups excluding carboxylic acids is 1. The number of aryl methyl sites for hydroxylation is 1. The van der Waals surface area contributed by atoms with Gasteiger partial charge in [0.15, 0.2) is 0 Å². The molecule has 0 fully saturated rings. The van der Waals surface area contributed by atoms with Crippen LogP contribution in [0.2, 0.25) is 0 Å². The highest BCUT2D eigenvalue weighted by Gasteiger charge is 2.22. The zero-order valence-electron chi connectivity index (χ0n) is 8.12. The summed E-state index contributed by atoms with van der Waals surface area (Å²) in [4.78, 5) is 14.5. The number of methoxy groups -OCH3 is 1. The standard InChI is InChI=1S/C9H9F2NO3/c1-4-6(13)3-5(9(14)15-2)7(12-4)8(10)11/h3,8,13H,1-2H3. The van der Waals surface area contributed by atoms with E-state index in [2.05, 4.69) is 9.72 Å². The van der Waals surface area contributed by atoms with Gasteiger partial charge < -0.3 is 9.84 Å². The summed E-state index contributed by atoms with van der Waals surface area (Å²) in [5.74, 6) is -1.27. The van der Waals surface area contributed by atoms with Crippen LogP contribution in [0.5, 0.6) is 5.75 Å². The Labute approximate surface area is 84.5 Å². The summed E-state index contributed by atoms with van der Waals surface area (Å²) in [5, 5.41) is 9.24. The molecule has 0 spiro atoms. The lowest BCUT2D eigenvalue weighted by Crippen LogP contribution is -2.09. The first kappa shape index (κ1) is 11.4. The minimum Gasteiger partial charge on any atom is -0.506 e. The minimum absolute atomic E-state index is 0.0398. The fraction of sp³-hybridized carbons (Fsp3) is 0.333. The van der Waals surface area contributed by atoms with E-state index in [-0.39, 0.29) is 11.4 Å². The van der Waals surface area contributed by atoms with Gasteiger partial charge in [-0.2, -0.15) is 0 Å². The molecule has 0 saturated carbocycles. The molecule has 0 aliphatic carbocycles. The second kappa shape index (κ2) is 4.20. The molecule has 1 aromatic heterocycles. The van der Waals surface area contributed by atoms with Crippen molar-refractivity contribution in [3.8, 4) is 5.75 Å². The number of rotatable bonds is 2. The molecule has 15 heavy (non-hydrogen) atoms. The van der Waals surface area contributed by atoms with Gasteiger partial charge in [-0.15, -0.1) is 0 Å². The zero-order chi connectivity index (χ0) is 11.6. The summed E-state index contributed by atoms with van der Waals surface area (Å²) in [6.45, 7) is 1.36. The highest BCUT2D eigenvalue weighted by molar-refractivity contribution is 5.91. The third-order valence-corrected chi connectivity index (χ3v) is 1.83. The van der Waals surface area contributed by atoms with Crippen LogP contribution in [0.3, 0.4) is 0 Å². The molecule has 0 aliphatic rings. The van der Waals surface area contributed by atoms with E-state index >= 15 is 0 Å². The summed E-state index contributed by atoms with van der Waals surface area (Å²) in [6, 6.07) is 0.926.